The maximum absolute atomic E-state index is 11.5. The molecule has 19 heavy (non-hydrogen) atoms. The maximum Gasteiger partial charge on any atom is 0.263 e. The van der Waals surface area contributed by atoms with E-state index in [0.29, 0.717) is 15.0 Å². The van der Waals surface area contributed by atoms with E-state index < -0.39 is 5.91 Å². The van der Waals surface area contributed by atoms with Gasteiger partial charge in [0.25, 0.3) is 11.8 Å². The van der Waals surface area contributed by atoms with Crippen LogP contribution in [0.25, 0.3) is 6.08 Å². The zero-order valence-electron chi connectivity index (χ0n) is 9.71. The van der Waals surface area contributed by atoms with E-state index in [4.69, 9.17) is 22.7 Å². The minimum atomic E-state index is -0.542. The lowest BCUT2D eigenvalue weighted by Gasteiger charge is -2.04. The zero-order chi connectivity index (χ0) is 13.8. The number of nitrogens with two attached hydrogens (primary N) is 1. The Morgan fingerprint density at radius 3 is 2.95 bits per heavy atom. The number of thiocarbonyl (C=S) groups is 1. The number of carbonyl (C=O) groups is 2. The molecule has 0 unspecified atom stereocenters. The summed E-state index contributed by atoms with van der Waals surface area (Å²) < 4.78 is 5.63. The zero-order valence-corrected chi connectivity index (χ0v) is 11.3. The first-order valence-electron chi connectivity index (χ1n) is 5.30. The molecule has 0 bridgehead atoms. The number of benzene rings is 1. The molecule has 0 radical (unpaired) electrons. The topological polar surface area (TPSA) is 81.4 Å². The second-order valence-corrected chi connectivity index (χ2v) is 5.40. The lowest BCUT2D eigenvalue weighted by atomic mass is 10.2. The highest BCUT2D eigenvalue weighted by Gasteiger charge is 2.21. The Morgan fingerprint density at radius 2 is 2.32 bits per heavy atom. The molecular weight excluding hydrogens is 284 g/mol. The summed E-state index contributed by atoms with van der Waals surface area (Å²) in [5.74, 6) is -0.238. The molecule has 5 nitrogen and oxygen atoms in total. The van der Waals surface area contributed by atoms with Crippen molar-refractivity contribution in [3.63, 3.8) is 0 Å². The molecule has 98 valence electrons. The largest absolute Gasteiger partial charge is 0.484 e. The number of hydrogen-bond donors (Lipinski definition) is 2. The molecular formula is C12H10N2O3S2. The molecule has 3 N–H and O–H groups in total. The van der Waals surface area contributed by atoms with Crippen molar-refractivity contribution >= 4 is 46.2 Å². The van der Waals surface area contributed by atoms with Crippen molar-refractivity contribution in [3.8, 4) is 5.75 Å². The van der Waals surface area contributed by atoms with Gasteiger partial charge in [-0.05, 0) is 23.8 Å². The Hall–Kier alpha value is -1.86. The van der Waals surface area contributed by atoms with Crippen LogP contribution in [0.4, 0.5) is 0 Å². The second-order valence-electron chi connectivity index (χ2n) is 3.68. The molecule has 1 aromatic carbocycles. The van der Waals surface area contributed by atoms with Gasteiger partial charge in [-0.15, -0.1) is 0 Å². The van der Waals surface area contributed by atoms with E-state index in [1.54, 1.807) is 24.3 Å². The predicted molar refractivity (Wildman–Crippen MR) is 77.4 cm³/mol. The SMILES string of the molecule is NC(=O)COc1cccc(/C=C2\SC(=S)NC2=O)c1. The highest BCUT2D eigenvalue weighted by atomic mass is 32.2. The molecule has 1 aliphatic heterocycles. The molecule has 2 rings (SSSR count). The van der Waals surface area contributed by atoms with Crippen LogP contribution in [0.1, 0.15) is 5.56 Å². The van der Waals surface area contributed by atoms with Crippen molar-refractivity contribution in [2.24, 2.45) is 5.73 Å². The number of amides is 2. The first kappa shape index (κ1) is 13.6. The van der Waals surface area contributed by atoms with E-state index in [-0.39, 0.29) is 12.5 Å². The van der Waals surface area contributed by atoms with Gasteiger partial charge in [-0.3, -0.25) is 9.59 Å². The summed E-state index contributed by atoms with van der Waals surface area (Å²) in [6, 6.07) is 7.00. The number of rotatable bonds is 4. The van der Waals surface area contributed by atoms with Crippen LogP contribution in [0.5, 0.6) is 5.75 Å². The number of nitrogens with one attached hydrogen (secondary N) is 1. The monoisotopic (exact) mass is 294 g/mol. The highest BCUT2D eigenvalue weighted by Crippen LogP contribution is 2.26. The normalized spacial score (nSPS) is 16.5. The molecule has 0 aromatic heterocycles. The van der Waals surface area contributed by atoms with Gasteiger partial charge in [0.2, 0.25) is 0 Å². The van der Waals surface area contributed by atoms with Crippen LogP contribution in [0.3, 0.4) is 0 Å². The van der Waals surface area contributed by atoms with E-state index in [1.165, 1.54) is 11.8 Å². The number of carbonyl (C=O) groups excluding carboxylic acids is 2. The molecule has 1 heterocycles. The molecule has 1 aromatic rings. The fourth-order valence-corrected chi connectivity index (χ4v) is 2.47. The second kappa shape index (κ2) is 5.85. The molecule has 7 heteroatoms. The van der Waals surface area contributed by atoms with Gasteiger partial charge in [0.1, 0.15) is 10.1 Å². The van der Waals surface area contributed by atoms with E-state index in [0.717, 1.165) is 5.56 Å². The molecule has 0 aliphatic carbocycles. The smallest absolute Gasteiger partial charge is 0.263 e. The van der Waals surface area contributed by atoms with E-state index >= 15 is 0 Å². The molecule has 0 saturated carbocycles. The fourth-order valence-electron chi connectivity index (χ4n) is 1.42. The number of primary amides is 1. The average molecular weight is 294 g/mol. The number of hydrogen-bond acceptors (Lipinski definition) is 5. The molecule has 1 saturated heterocycles. The summed E-state index contributed by atoms with van der Waals surface area (Å²) in [6.07, 6.45) is 1.70. The van der Waals surface area contributed by atoms with Gasteiger partial charge in [0.15, 0.2) is 6.61 Å². The summed E-state index contributed by atoms with van der Waals surface area (Å²) in [6.45, 7) is -0.181. The quantitative estimate of drug-likeness (QED) is 0.640. The Balaban J connectivity index is 2.15. The summed E-state index contributed by atoms with van der Waals surface area (Å²) in [5, 5.41) is 2.54. The van der Waals surface area contributed by atoms with Gasteiger partial charge in [-0.2, -0.15) is 0 Å². The fraction of sp³-hybridized carbons (Fsp3) is 0.0833. The van der Waals surface area contributed by atoms with Crippen molar-refractivity contribution in [3.05, 3.63) is 34.7 Å². The van der Waals surface area contributed by atoms with Gasteiger partial charge >= 0.3 is 0 Å². The van der Waals surface area contributed by atoms with E-state index in [1.807, 2.05) is 6.07 Å². The third-order valence-electron chi connectivity index (χ3n) is 2.18. The van der Waals surface area contributed by atoms with Crippen molar-refractivity contribution in [1.82, 2.24) is 5.32 Å². The van der Waals surface area contributed by atoms with Gasteiger partial charge < -0.3 is 15.8 Å². The summed E-state index contributed by atoms with van der Waals surface area (Å²) in [7, 11) is 0. The number of thioether (sulfide) groups is 1. The Labute approximate surface area is 119 Å². The minimum absolute atomic E-state index is 0.181. The highest BCUT2D eigenvalue weighted by molar-refractivity contribution is 8.26. The third kappa shape index (κ3) is 3.80. The summed E-state index contributed by atoms with van der Waals surface area (Å²) in [5.41, 5.74) is 5.78. The standard InChI is InChI=1S/C12H10N2O3S2/c13-10(15)6-17-8-3-1-2-7(4-8)5-9-11(16)14-12(18)19-9/h1-5H,6H2,(H2,13,15)(H,14,16,18)/b9-5-. The first-order chi connectivity index (χ1) is 9.04. The minimum Gasteiger partial charge on any atom is -0.484 e. The lowest BCUT2D eigenvalue weighted by molar-refractivity contribution is -0.120. The maximum atomic E-state index is 11.5. The predicted octanol–water partition coefficient (Wildman–Crippen LogP) is 1.04. The van der Waals surface area contributed by atoms with Crippen LogP contribution < -0.4 is 15.8 Å². The first-order valence-corrected chi connectivity index (χ1v) is 6.53. The third-order valence-corrected chi connectivity index (χ3v) is 3.34. The molecule has 0 spiro atoms. The van der Waals surface area contributed by atoms with Crippen molar-refractivity contribution in [1.29, 1.82) is 0 Å². The van der Waals surface area contributed by atoms with Crippen LogP contribution in [0, 0.1) is 0 Å². The molecule has 0 atom stereocenters. The van der Waals surface area contributed by atoms with Gasteiger partial charge in [-0.1, -0.05) is 36.1 Å². The Bertz CT molecular complexity index is 584. The molecule has 2 amide bonds. The van der Waals surface area contributed by atoms with Crippen LogP contribution in [0.2, 0.25) is 0 Å². The Kier molecular flexibility index (Phi) is 4.18. The number of ether oxygens (including phenoxy) is 1. The van der Waals surface area contributed by atoms with Crippen molar-refractivity contribution in [2.75, 3.05) is 6.61 Å². The van der Waals surface area contributed by atoms with Gasteiger partial charge in [0.05, 0.1) is 4.91 Å². The van der Waals surface area contributed by atoms with Gasteiger partial charge in [0, 0.05) is 0 Å². The lowest BCUT2D eigenvalue weighted by Crippen LogP contribution is -2.20. The average Bonchev–Trinajstić information content (AvgIpc) is 2.66. The molecule has 1 fully saturated rings. The van der Waals surface area contributed by atoms with Gasteiger partial charge in [-0.25, -0.2) is 0 Å². The van der Waals surface area contributed by atoms with Crippen LogP contribution in [-0.4, -0.2) is 22.7 Å². The Morgan fingerprint density at radius 1 is 1.53 bits per heavy atom. The summed E-state index contributed by atoms with van der Waals surface area (Å²) in [4.78, 5) is 22.7. The van der Waals surface area contributed by atoms with Crippen molar-refractivity contribution in [2.45, 2.75) is 0 Å². The summed E-state index contributed by atoms with van der Waals surface area (Å²) >= 11 is 6.11. The molecule has 1 aliphatic rings. The van der Waals surface area contributed by atoms with Crippen LogP contribution >= 0.6 is 24.0 Å². The van der Waals surface area contributed by atoms with Crippen LogP contribution in [0.15, 0.2) is 29.2 Å². The van der Waals surface area contributed by atoms with Crippen molar-refractivity contribution < 1.29 is 14.3 Å². The van der Waals surface area contributed by atoms with Crippen LogP contribution in [-0.2, 0) is 9.59 Å². The van der Waals surface area contributed by atoms with E-state index in [2.05, 4.69) is 5.32 Å². The van der Waals surface area contributed by atoms with E-state index in [9.17, 15) is 9.59 Å².